The Kier molecular flexibility index (Phi) is 6.91. The Balaban J connectivity index is 1.73. The monoisotopic (exact) mass is 482 g/mol. The molecule has 0 aromatic heterocycles. The number of thioether (sulfide) groups is 1. The van der Waals surface area contributed by atoms with Crippen molar-refractivity contribution in [2.45, 2.75) is 22.9 Å². The summed E-state index contributed by atoms with van der Waals surface area (Å²) in [5.74, 6) is -1.61. The Hall–Kier alpha value is -1.49. The van der Waals surface area contributed by atoms with Crippen LogP contribution in [-0.4, -0.2) is 50.8 Å². The van der Waals surface area contributed by atoms with Gasteiger partial charge in [-0.05, 0) is 48.9 Å². The second-order valence-corrected chi connectivity index (χ2v) is 10.2. The first-order valence-electron chi connectivity index (χ1n) is 8.98. The molecule has 4 nitrogen and oxygen atoms in total. The van der Waals surface area contributed by atoms with E-state index in [1.807, 2.05) is 0 Å². The second-order valence-electron chi connectivity index (χ2n) is 6.82. The van der Waals surface area contributed by atoms with E-state index in [9.17, 15) is 26.0 Å². The van der Waals surface area contributed by atoms with Gasteiger partial charge in [-0.15, -0.1) is 11.8 Å². The summed E-state index contributed by atoms with van der Waals surface area (Å²) in [5.41, 5.74) is 0.600. The molecular formula is C19H19ClF4N2O2S2. The van der Waals surface area contributed by atoms with E-state index in [1.165, 1.54) is 40.7 Å². The number of alkyl halides is 3. The maximum absolute atomic E-state index is 14.5. The Bertz CT molecular complexity index is 1010. The number of aryl methyl sites for hydroxylation is 1. The molecule has 0 N–H and O–H groups in total. The second kappa shape index (κ2) is 8.94. The van der Waals surface area contributed by atoms with Crippen molar-refractivity contribution in [2.75, 3.05) is 36.8 Å². The first-order valence-corrected chi connectivity index (χ1v) is 11.8. The largest absolute Gasteiger partial charge is 0.398 e. The van der Waals surface area contributed by atoms with Gasteiger partial charge in [-0.25, -0.2) is 12.8 Å². The molecule has 0 radical (unpaired) electrons. The molecule has 30 heavy (non-hydrogen) atoms. The first-order chi connectivity index (χ1) is 14.0. The number of hydrogen-bond donors (Lipinski definition) is 0. The van der Waals surface area contributed by atoms with E-state index in [0.29, 0.717) is 27.2 Å². The molecule has 1 aliphatic heterocycles. The van der Waals surface area contributed by atoms with E-state index in [2.05, 4.69) is 0 Å². The molecule has 2 aromatic rings. The third-order valence-electron chi connectivity index (χ3n) is 4.67. The van der Waals surface area contributed by atoms with Gasteiger partial charge in [-0.3, -0.25) is 0 Å². The molecule has 0 atom stereocenters. The smallest absolute Gasteiger partial charge is 0.366 e. The number of halogens is 5. The molecule has 0 bridgehead atoms. The Labute approximate surface area is 181 Å². The predicted octanol–water partition coefficient (Wildman–Crippen LogP) is 4.95. The maximum atomic E-state index is 14.5. The lowest BCUT2D eigenvalue weighted by atomic mass is 10.2. The van der Waals surface area contributed by atoms with Gasteiger partial charge >= 0.3 is 6.18 Å². The molecule has 0 aliphatic carbocycles. The normalized spacial score (nSPS) is 16.1. The summed E-state index contributed by atoms with van der Waals surface area (Å²) in [6.07, 6.45) is -4.33. The Morgan fingerprint density at radius 2 is 1.67 bits per heavy atom. The quantitative estimate of drug-likeness (QED) is 0.446. The van der Waals surface area contributed by atoms with Gasteiger partial charge in [-0.2, -0.15) is 17.5 Å². The van der Waals surface area contributed by atoms with Crippen LogP contribution in [0.25, 0.3) is 0 Å². The van der Waals surface area contributed by atoms with Crippen LogP contribution in [0.15, 0.2) is 46.2 Å². The fourth-order valence-electron chi connectivity index (χ4n) is 3.12. The molecule has 0 amide bonds. The molecule has 1 fully saturated rings. The summed E-state index contributed by atoms with van der Waals surface area (Å²) < 4.78 is 79.0. The van der Waals surface area contributed by atoms with Gasteiger partial charge in [0.15, 0.2) is 0 Å². The van der Waals surface area contributed by atoms with Crippen molar-refractivity contribution in [3.05, 3.63) is 52.8 Å². The molecule has 11 heteroatoms. The molecular weight excluding hydrogens is 464 g/mol. The third-order valence-corrected chi connectivity index (χ3v) is 8.05. The zero-order chi connectivity index (χ0) is 22.1. The highest BCUT2D eigenvalue weighted by Gasteiger charge is 2.30. The zero-order valence-electron chi connectivity index (χ0n) is 15.9. The summed E-state index contributed by atoms with van der Waals surface area (Å²) in [6, 6.07) is 8.45. The number of piperazine rings is 1. The standard InChI is InChI=1S/C19H19ClF4N2O2S2/c1-13-10-16(21)17(11-18(13)29-12-19(22,23)24)25-6-8-26(9-7-25)30(27,28)15-4-2-14(20)3-5-15/h2-5,10-11H,6-9,12H2,1H3. The third kappa shape index (κ3) is 5.40. The number of rotatable bonds is 5. The molecule has 164 valence electrons. The van der Waals surface area contributed by atoms with Crippen LogP contribution in [0, 0.1) is 12.7 Å². The van der Waals surface area contributed by atoms with Crippen LogP contribution >= 0.6 is 23.4 Å². The minimum absolute atomic E-state index is 0.118. The summed E-state index contributed by atoms with van der Waals surface area (Å²) in [4.78, 5) is 2.12. The maximum Gasteiger partial charge on any atom is 0.398 e. The van der Waals surface area contributed by atoms with Crippen LogP contribution in [0.5, 0.6) is 0 Å². The average Bonchev–Trinajstić information content (AvgIpc) is 2.67. The van der Waals surface area contributed by atoms with Crippen molar-refractivity contribution in [2.24, 2.45) is 0 Å². The Morgan fingerprint density at radius 3 is 2.23 bits per heavy atom. The van der Waals surface area contributed by atoms with Gasteiger partial charge in [-0.1, -0.05) is 11.6 Å². The summed E-state index contributed by atoms with van der Waals surface area (Å²) in [5, 5.41) is 0.424. The molecule has 0 saturated carbocycles. The number of benzene rings is 2. The molecule has 1 aliphatic rings. The van der Waals surface area contributed by atoms with Gasteiger partial charge in [0, 0.05) is 36.1 Å². The number of anilines is 1. The highest BCUT2D eigenvalue weighted by Crippen LogP contribution is 2.34. The molecule has 0 spiro atoms. The highest BCUT2D eigenvalue weighted by atomic mass is 35.5. The van der Waals surface area contributed by atoms with Crippen LogP contribution in [0.3, 0.4) is 0 Å². The SMILES string of the molecule is Cc1cc(F)c(N2CCN(S(=O)(=O)c3ccc(Cl)cc3)CC2)cc1SCC(F)(F)F. The van der Waals surface area contributed by atoms with Crippen molar-refractivity contribution >= 4 is 39.1 Å². The van der Waals surface area contributed by atoms with E-state index >= 15 is 0 Å². The van der Waals surface area contributed by atoms with E-state index < -0.39 is 27.8 Å². The van der Waals surface area contributed by atoms with Gasteiger partial charge in [0.05, 0.1) is 16.3 Å². The molecule has 3 rings (SSSR count). The van der Waals surface area contributed by atoms with Crippen LogP contribution < -0.4 is 4.90 Å². The van der Waals surface area contributed by atoms with Crippen LogP contribution in [0.2, 0.25) is 5.02 Å². The van der Waals surface area contributed by atoms with Gasteiger partial charge in [0.2, 0.25) is 10.0 Å². The number of hydrogen-bond acceptors (Lipinski definition) is 4. The average molecular weight is 483 g/mol. The van der Waals surface area contributed by atoms with Crippen LogP contribution in [0.4, 0.5) is 23.2 Å². The Morgan fingerprint density at radius 1 is 1.07 bits per heavy atom. The van der Waals surface area contributed by atoms with Gasteiger partial charge < -0.3 is 4.90 Å². The molecule has 1 heterocycles. The number of sulfonamides is 1. The zero-order valence-corrected chi connectivity index (χ0v) is 18.3. The van der Waals surface area contributed by atoms with E-state index in [0.717, 1.165) is 0 Å². The van der Waals surface area contributed by atoms with Crippen molar-refractivity contribution in [3.8, 4) is 0 Å². The molecule has 0 unspecified atom stereocenters. The lowest BCUT2D eigenvalue weighted by molar-refractivity contribution is -0.105. The van der Waals surface area contributed by atoms with Gasteiger partial charge in [0.25, 0.3) is 0 Å². The fraction of sp³-hybridized carbons (Fsp3) is 0.368. The van der Waals surface area contributed by atoms with Crippen LogP contribution in [-0.2, 0) is 10.0 Å². The van der Waals surface area contributed by atoms with E-state index in [1.54, 1.807) is 11.8 Å². The minimum atomic E-state index is -4.33. The molecule has 1 saturated heterocycles. The van der Waals surface area contributed by atoms with Crippen LogP contribution in [0.1, 0.15) is 5.56 Å². The van der Waals surface area contributed by atoms with Crippen molar-refractivity contribution in [3.63, 3.8) is 0 Å². The number of nitrogens with zero attached hydrogens (tertiary/aromatic N) is 2. The minimum Gasteiger partial charge on any atom is -0.366 e. The van der Waals surface area contributed by atoms with Gasteiger partial charge in [0.1, 0.15) is 5.82 Å². The van der Waals surface area contributed by atoms with E-state index in [-0.39, 0.29) is 36.8 Å². The van der Waals surface area contributed by atoms with Crippen molar-refractivity contribution < 1.29 is 26.0 Å². The van der Waals surface area contributed by atoms with E-state index in [4.69, 9.17) is 11.6 Å². The highest BCUT2D eigenvalue weighted by molar-refractivity contribution is 7.99. The summed E-state index contributed by atoms with van der Waals surface area (Å²) in [7, 11) is -3.71. The summed E-state index contributed by atoms with van der Waals surface area (Å²) >= 11 is 6.41. The lowest BCUT2D eigenvalue weighted by Crippen LogP contribution is -2.48. The predicted molar refractivity (Wildman–Crippen MR) is 110 cm³/mol. The molecule has 2 aromatic carbocycles. The van der Waals surface area contributed by atoms with Crippen molar-refractivity contribution in [1.82, 2.24) is 4.31 Å². The summed E-state index contributed by atoms with van der Waals surface area (Å²) in [6.45, 7) is 2.25. The topological polar surface area (TPSA) is 40.6 Å². The fourth-order valence-corrected chi connectivity index (χ4v) is 5.47. The van der Waals surface area contributed by atoms with Crippen molar-refractivity contribution in [1.29, 1.82) is 0 Å². The first kappa shape index (κ1) is 23.2. The lowest BCUT2D eigenvalue weighted by Gasteiger charge is -2.35.